The molecule has 3 aliphatic heterocycles. The first-order valence-electron chi connectivity index (χ1n) is 16.3. The van der Waals surface area contributed by atoms with Gasteiger partial charge in [0.2, 0.25) is 17.1 Å². The number of nitrogens with zero attached hydrogens (tertiary/aromatic N) is 3. The Morgan fingerprint density at radius 2 is 1.94 bits per heavy atom. The lowest BCUT2D eigenvalue weighted by atomic mass is 9.85. The van der Waals surface area contributed by atoms with Crippen molar-refractivity contribution in [2.45, 2.75) is 103 Å². The average Bonchev–Trinajstić information content (AvgIpc) is 3.41. The molecule has 1 N–H and O–H groups in total. The molecule has 13 heteroatoms. The van der Waals surface area contributed by atoms with Crippen molar-refractivity contribution in [2.24, 2.45) is 11.1 Å². The third-order valence-corrected chi connectivity index (χ3v) is 9.33. The van der Waals surface area contributed by atoms with Crippen molar-refractivity contribution in [3.05, 3.63) is 63.1 Å². The molecule has 0 saturated carbocycles. The van der Waals surface area contributed by atoms with Crippen LogP contribution in [-0.4, -0.2) is 58.4 Å². The molecule has 2 amide bonds. The predicted octanol–water partition coefficient (Wildman–Crippen LogP) is 5.26. The van der Waals surface area contributed by atoms with Crippen LogP contribution in [0.1, 0.15) is 111 Å². The number of amides is 2. The maximum atomic E-state index is 14.3. The fraction of sp³-hybridized carbons (Fsp3) is 0.559. The summed E-state index contributed by atoms with van der Waals surface area (Å²) in [6.07, 6.45) is 7.06. The molecule has 0 unspecified atom stereocenters. The van der Waals surface area contributed by atoms with E-state index in [4.69, 9.17) is 14.3 Å². The first kappa shape index (κ1) is 34.1. The van der Waals surface area contributed by atoms with Crippen molar-refractivity contribution < 1.29 is 37.5 Å². The Kier molecular flexibility index (Phi) is 10.3. The van der Waals surface area contributed by atoms with Crippen molar-refractivity contribution >= 4 is 23.7 Å². The van der Waals surface area contributed by atoms with Crippen molar-refractivity contribution in [1.82, 2.24) is 14.8 Å². The van der Waals surface area contributed by atoms with E-state index in [1.807, 2.05) is 6.92 Å². The molecule has 2 bridgehead atoms. The number of pyridine rings is 1. The summed E-state index contributed by atoms with van der Waals surface area (Å²) in [5, 5.41) is 6.62. The zero-order valence-corrected chi connectivity index (χ0v) is 27.3. The summed E-state index contributed by atoms with van der Waals surface area (Å²) >= 11 is 0. The normalized spacial score (nSPS) is 21.6. The molecule has 3 atom stereocenters. The van der Waals surface area contributed by atoms with Gasteiger partial charge in [-0.15, -0.1) is 0 Å². The van der Waals surface area contributed by atoms with Gasteiger partial charge in [0.1, 0.15) is 17.2 Å². The molecule has 1 aromatic heterocycles. The number of rotatable bonds is 11. The summed E-state index contributed by atoms with van der Waals surface area (Å²) in [5.41, 5.74) is -2.48. The number of unbranched alkanes of at least 4 members (excludes halogenated alkanes) is 3. The molecule has 3 aliphatic rings. The van der Waals surface area contributed by atoms with E-state index in [2.05, 4.69) is 24.3 Å². The van der Waals surface area contributed by atoms with E-state index in [1.165, 1.54) is 23.9 Å². The lowest BCUT2D eigenvalue weighted by Gasteiger charge is -2.41. The molecule has 47 heavy (non-hydrogen) atoms. The number of hydrogen-bond acceptors (Lipinski definition) is 8. The number of oxime groups is 1. The quantitative estimate of drug-likeness (QED) is 0.258. The molecule has 1 fully saturated rings. The number of fused-ring (bicyclic) bond motifs is 5. The van der Waals surface area contributed by atoms with Gasteiger partial charge >= 0.3 is 5.97 Å². The van der Waals surface area contributed by atoms with Gasteiger partial charge in [-0.3, -0.25) is 19.2 Å². The van der Waals surface area contributed by atoms with Crippen LogP contribution >= 0.6 is 0 Å². The van der Waals surface area contributed by atoms with Crippen LogP contribution in [0.2, 0.25) is 0 Å². The first-order chi connectivity index (χ1) is 22.4. The lowest BCUT2D eigenvalue weighted by Crippen LogP contribution is -2.52. The second-order valence-electron chi connectivity index (χ2n) is 13.1. The smallest absolute Gasteiger partial charge is 0.311 e. The molecule has 0 aliphatic carbocycles. The molecular weight excluding hydrogens is 614 g/mol. The Hall–Kier alpha value is -4.29. The third-order valence-electron chi connectivity index (χ3n) is 9.33. The van der Waals surface area contributed by atoms with E-state index in [9.17, 15) is 28.0 Å². The van der Waals surface area contributed by atoms with Crippen molar-refractivity contribution in [1.29, 1.82) is 0 Å². The van der Waals surface area contributed by atoms with Crippen molar-refractivity contribution in [3.8, 4) is 5.75 Å². The highest BCUT2D eigenvalue weighted by atomic mass is 19.1. The molecular formula is C34H42F2N4O7. The molecule has 1 aromatic carbocycles. The van der Waals surface area contributed by atoms with Crippen LogP contribution in [0.5, 0.6) is 5.75 Å². The van der Waals surface area contributed by atoms with E-state index >= 15 is 0 Å². The molecule has 254 valence electrons. The fourth-order valence-electron chi connectivity index (χ4n) is 6.55. The summed E-state index contributed by atoms with van der Waals surface area (Å²) in [5.74, 6) is -3.30. The van der Waals surface area contributed by atoms with Gasteiger partial charge in [0.15, 0.2) is 11.3 Å². The lowest BCUT2D eigenvalue weighted by molar-refractivity contribution is -0.134. The van der Waals surface area contributed by atoms with Crippen LogP contribution in [0.15, 0.2) is 34.3 Å². The van der Waals surface area contributed by atoms with Crippen molar-refractivity contribution in [2.75, 3.05) is 13.7 Å². The van der Waals surface area contributed by atoms with Crippen LogP contribution in [0.25, 0.3) is 0 Å². The van der Waals surface area contributed by atoms with Crippen LogP contribution in [0.4, 0.5) is 8.78 Å². The van der Waals surface area contributed by atoms with E-state index in [-0.39, 0.29) is 43.2 Å². The standard InChI is InChI=1S/C34H42F2N4O7/c1-20(2)9-7-5-6-8-10-28(41)46-31-29-33(44)39-19-26(34(14-13-21(39)3)16-27(45-4)38-47-34)40(29)18-24(30(31)42)32(43)37-17-22-11-12-23(35)15-25(22)36/h11-12,15,18,20-21,26H,5-10,13-14,16-17,19H2,1-4H3,(H,37,43)/t21-,26+,34-/m0/s1. The van der Waals surface area contributed by atoms with Crippen molar-refractivity contribution in [3.63, 3.8) is 0 Å². The highest BCUT2D eigenvalue weighted by Gasteiger charge is 2.55. The minimum Gasteiger partial charge on any atom is -0.482 e. The topological polar surface area (TPSA) is 129 Å². The summed E-state index contributed by atoms with van der Waals surface area (Å²) in [6, 6.07) is 2.08. The Morgan fingerprint density at radius 1 is 1.17 bits per heavy atom. The second kappa shape index (κ2) is 14.2. The maximum Gasteiger partial charge on any atom is 0.311 e. The number of benzene rings is 1. The molecule has 5 rings (SSSR count). The minimum atomic E-state index is -0.971. The van der Waals surface area contributed by atoms with Gasteiger partial charge in [-0.2, -0.15) is 0 Å². The van der Waals surface area contributed by atoms with Crippen LogP contribution in [-0.2, 0) is 20.9 Å². The Labute approximate surface area is 272 Å². The summed E-state index contributed by atoms with van der Waals surface area (Å²) < 4.78 is 40.3. The van der Waals surface area contributed by atoms with Crippen LogP contribution in [0, 0.1) is 17.6 Å². The first-order valence-corrected chi connectivity index (χ1v) is 16.3. The summed E-state index contributed by atoms with van der Waals surface area (Å²) in [6.45, 7) is 6.06. The molecule has 11 nitrogen and oxygen atoms in total. The van der Waals surface area contributed by atoms with E-state index in [1.54, 1.807) is 4.90 Å². The van der Waals surface area contributed by atoms with Gasteiger partial charge in [0, 0.05) is 43.4 Å². The number of nitrogens with one attached hydrogen (secondary N) is 1. The summed E-state index contributed by atoms with van der Waals surface area (Å²) in [7, 11) is 1.48. The number of ether oxygens (including phenoxy) is 2. The molecule has 1 saturated heterocycles. The van der Waals surface area contributed by atoms with Gasteiger partial charge < -0.3 is 29.1 Å². The number of hydrogen-bond donors (Lipinski definition) is 1. The van der Waals surface area contributed by atoms with Crippen LogP contribution < -0.4 is 15.5 Å². The monoisotopic (exact) mass is 656 g/mol. The zero-order valence-electron chi connectivity index (χ0n) is 27.3. The molecule has 1 spiro atoms. The second-order valence-corrected chi connectivity index (χ2v) is 13.1. The highest BCUT2D eigenvalue weighted by Crippen LogP contribution is 2.46. The number of esters is 1. The number of carbonyl (C=O) groups excluding carboxylic acids is 3. The Bertz CT molecular complexity index is 1620. The summed E-state index contributed by atoms with van der Waals surface area (Å²) in [4.78, 5) is 62.3. The SMILES string of the molecule is COC1=NO[C@@]2(CC[C@H](C)N3C[C@H]2n2cc(C(=O)NCc4ccc(F)cc4F)c(=O)c(OC(=O)CCCCCCC(C)C)c2C3=O)C1. The molecule has 2 aromatic rings. The van der Waals surface area contributed by atoms with Crippen LogP contribution in [0.3, 0.4) is 0 Å². The average molecular weight is 657 g/mol. The Balaban J connectivity index is 1.50. The van der Waals surface area contributed by atoms with Gasteiger partial charge in [0.25, 0.3) is 11.8 Å². The van der Waals surface area contributed by atoms with E-state index in [0.29, 0.717) is 37.1 Å². The Morgan fingerprint density at radius 3 is 2.64 bits per heavy atom. The molecule has 0 radical (unpaired) electrons. The van der Waals surface area contributed by atoms with Gasteiger partial charge in [-0.1, -0.05) is 50.8 Å². The number of aromatic nitrogens is 1. The predicted molar refractivity (Wildman–Crippen MR) is 168 cm³/mol. The highest BCUT2D eigenvalue weighted by molar-refractivity contribution is 6.00. The third kappa shape index (κ3) is 7.18. The van der Waals surface area contributed by atoms with Gasteiger partial charge in [0.05, 0.1) is 19.6 Å². The number of carbonyl (C=O) groups is 3. The minimum absolute atomic E-state index is 0.00369. The molecule has 4 heterocycles. The maximum absolute atomic E-state index is 14.3. The van der Waals surface area contributed by atoms with E-state index < -0.39 is 57.8 Å². The van der Waals surface area contributed by atoms with Gasteiger partial charge in [-0.05, 0) is 38.2 Å². The largest absolute Gasteiger partial charge is 0.482 e. The van der Waals surface area contributed by atoms with E-state index in [0.717, 1.165) is 31.7 Å². The fourth-order valence-corrected chi connectivity index (χ4v) is 6.55. The van der Waals surface area contributed by atoms with Gasteiger partial charge in [-0.25, -0.2) is 8.78 Å². The number of methoxy groups -OCH3 is 1. The number of halogens is 2. The zero-order chi connectivity index (χ0) is 33.9.